The third-order valence-electron chi connectivity index (χ3n) is 8.16. The Kier molecular flexibility index (Phi) is 12.5. The summed E-state index contributed by atoms with van der Waals surface area (Å²) in [6.45, 7) is 6.11. The molecule has 0 radical (unpaired) electrons. The molecule has 0 saturated heterocycles. The van der Waals surface area contributed by atoms with Crippen molar-refractivity contribution in [3.05, 3.63) is 93.4 Å². The number of hydrogen-bond donors (Lipinski definition) is 3. The van der Waals surface area contributed by atoms with Gasteiger partial charge in [-0.2, -0.15) is 0 Å². The summed E-state index contributed by atoms with van der Waals surface area (Å²) in [6.07, 6.45) is 2.61. The number of primary amides is 1. The number of Topliss-reactive ketones (excluding diaryl/α,β-unsaturated/α-hetero) is 1. The number of allylic oxidation sites excluding steroid dienone is 1. The van der Waals surface area contributed by atoms with E-state index in [-0.39, 0.29) is 47.8 Å². The maximum atomic E-state index is 14.3. The normalized spacial score (nSPS) is 17.9. The molecule has 0 spiro atoms. The molecule has 3 atom stereocenters. The summed E-state index contributed by atoms with van der Waals surface area (Å²) in [5.74, 6) is -4.55. The van der Waals surface area contributed by atoms with Crippen LogP contribution in [0, 0.1) is 23.0 Å². The molecule has 1 aliphatic carbocycles. The maximum absolute atomic E-state index is 14.3. The van der Waals surface area contributed by atoms with Crippen LogP contribution in [0.4, 0.5) is 8.78 Å². The van der Waals surface area contributed by atoms with Crippen molar-refractivity contribution in [2.75, 3.05) is 25.9 Å². The smallest absolute Gasteiger partial charge is 0.249 e. The number of aliphatic hydroxyl groups is 1. The number of sulfone groups is 1. The van der Waals surface area contributed by atoms with Crippen LogP contribution in [0.1, 0.15) is 61.5 Å². The molecule has 2 amide bonds. The lowest BCUT2D eigenvalue weighted by Gasteiger charge is -2.42. The number of halogens is 2. The standard InChI is InChI=1S/C34H43F2N3O6S/c1-5-10-39(11-6-2)32(42)26-16-29(46(4,44)45)19-34(18-26,33(37)43)30(15-24-13-27(35)17-28(36)14-24)31(41)21-38-20-23-8-7-9-25(12-23)22(3)40/h7-9,12-14,16-17,19,30-31,38,41H,5-6,10-11,15,18,20-21H2,1-4H3,(H2,37,43)/t30-,31+,34?/m1/s1. The predicted molar refractivity (Wildman–Crippen MR) is 172 cm³/mol. The summed E-state index contributed by atoms with van der Waals surface area (Å²) in [4.78, 5) is 40.4. The molecular weight excluding hydrogens is 616 g/mol. The first-order chi connectivity index (χ1) is 21.6. The van der Waals surface area contributed by atoms with Crippen LogP contribution in [0.15, 0.2) is 65.1 Å². The zero-order chi connectivity index (χ0) is 34.2. The fraction of sp³-hybridized carbons (Fsp3) is 0.441. The highest BCUT2D eigenvalue weighted by atomic mass is 32.2. The van der Waals surface area contributed by atoms with Gasteiger partial charge in [0.1, 0.15) is 11.6 Å². The van der Waals surface area contributed by atoms with Crippen LogP contribution in [-0.2, 0) is 32.4 Å². The number of nitrogens with two attached hydrogens (primary N) is 1. The lowest BCUT2D eigenvalue weighted by Crippen LogP contribution is -2.52. The Balaban J connectivity index is 2.10. The van der Waals surface area contributed by atoms with Gasteiger partial charge in [0, 0.05) is 55.6 Å². The fourth-order valence-corrected chi connectivity index (χ4v) is 6.70. The Labute approximate surface area is 269 Å². The first kappa shape index (κ1) is 36.7. The largest absolute Gasteiger partial charge is 0.391 e. The van der Waals surface area contributed by atoms with Crippen molar-refractivity contribution < 1.29 is 36.7 Å². The van der Waals surface area contributed by atoms with Crippen molar-refractivity contribution in [1.29, 1.82) is 0 Å². The van der Waals surface area contributed by atoms with Gasteiger partial charge in [0.25, 0.3) is 0 Å². The van der Waals surface area contributed by atoms with Gasteiger partial charge in [-0.3, -0.25) is 14.4 Å². The molecule has 1 unspecified atom stereocenters. The number of aliphatic hydroxyl groups excluding tert-OH is 1. The van der Waals surface area contributed by atoms with E-state index in [0.29, 0.717) is 37.6 Å². The third kappa shape index (κ3) is 9.17. The van der Waals surface area contributed by atoms with Crippen molar-refractivity contribution >= 4 is 27.4 Å². The molecule has 12 heteroatoms. The first-order valence-corrected chi connectivity index (χ1v) is 17.2. The second-order valence-corrected chi connectivity index (χ2v) is 13.9. The molecule has 0 bridgehead atoms. The Morgan fingerprint density at radius 3 is 2.22 bits per heavy atom. The predicted octanol–water partition coefficient (Wildman–Crippen LogP) is 3.86. The Morgan fingerprint density at radius 1 is 1.04 bits per heavy atom. The molecule has 0 saturated carbocycles. The monoisotopic (exact) mass is 659 g/mol. The van der Waals surface area contributed by atoms with E-state index in [0.717, 1.165) is 24.0 Å². The highest BCUT2D eigenvalue weighted by Crippen LogP contribution is 2.45. The number of carbonyl (C=O) groups is 3. The lowest BCUT2D eigenvalue weighted by atomic mass is 9.64. The van der Waals surface area contributed by atoms with Gasteiger partial charge in [0.2, 0.25) is 11.8 Å². The molecule has 9 nitrogen and oxygen atoms in total. The minimum atomic E-state index is -4.00. The fourth-order valence-electron chi connectivity index (χ4n) is 5.92. The summed E-state index contributed by atoms with van der Waals surface area (Å²) >= 11 is 0. The van der Waals surface area contributed by atoms with Crippen LogP contribution in [0.2, 0.25) is 0 Å². The number of carbonyl (C=O) groups excluding carboxylic acids is 3. The van der Waals surface area contributed by atoms with Crippen LogP contribution >= 0.6 is 0 Å². The van der Waals surface area contributed by atoms with E-state index in [1.54, 1.807) is 29.2 Å². The Bertz CT molecular complexity index is 1600. The van der Waals surface area contributed by atoms with Crippen LogP contribution in [0.3, 0.4) is 0 Å². The number of nitrogens with one attached hydrogen (secondary N) is 1. The van der Waals surface area contributed by atoms with Gasteiger partial charge < -0.3 is 21.1 Å². The highest BCUT2D eigenvalue weighted by molar-refractivity contribution is 7.94. The van der Waals surface area contributed by atoms with Gasteiger partial charge in [-0.05, 0) is 74.1 Å². The number of ketones is 1. The first-order valence-electron chi connectivity index (χ1n) is 15.3. The highest BCUT2D eigenvalue weighted by Gasteiger charge is 2.49. The van der Waals surface area contributed by atoms with Gasteiger partial charge in [-0.15, -0.1) is 0 Å². The van der Waals surface area contributed by atoms with Crippen LogP contribution in [0.5, 0.6) is 0 Å². The topological polar surface area (TPSA) is 147 Å². The minimum absolute atomic E-state index is 0.0280. The summed E-state index contributed by atoms with van der Waals surface area (Å²) in [7, 11) is -4.00. The van der Waals surface area contributed by atoms with Crippen molar-refractivity contribution in [2.24, 2.45) is 17.1 Å². The molecule has 0 aromatic heterocycles. The van der Waals surface area contributed by atoms with Gasteiger partial charge in [0.15, 0.2) is 15.6 Å². The van der Waals surface area contributed by atoms with E-state index in [9.17, 15) is 36.7 Å². The molecule has 0 heterocycles. The summed E-state index contributed by atoms with van der Waals surface area (Å²) in [5.41, 5.74) is 5.49. The molecule has 46 heavy (non-hydrogen) atoms. The lowest BCUT2D eigenvalue weighted by molar-refractivity contribution is -0.132. The number of nitrogens with zero attached hydrogens (tertiary/aromatic N) is 1. The van der Waals surface area contributed by atoms with E-state index in [4.69, 9.17) is 5.73 Å². The second kappa shape index (κ2) is 15.7. The van der Waals surface area contributed by atoms with Crippen molar-refractivity contribution in [2.45, 2.75) is 59.1 Å². The summed E-state index contributed by atoms with van der Waals surface area (Å²) in [5, 5.41) is 14.8. The number of amides is 2. The molecule has 0 aliphatic heterocycles. The van der Waals surface area contributed by atoms with Crippen molar-refractivity contribution in [3.63, 3.8) is 0 Å². The van der Waals surface area contributed by atoms with Crippen LogP contribution in [-0.4, -0.2) is 68.0 Å². The average molecular weight is 660 g/mol. The molecule has 2 aromatic carbocycles. The van der Waals surface area contributed by atoms with Crippen molar-refractivity contribution in [3.8, 4) is 0 Å². The van der Waals surface area contributed by atoms with E-state index in [1.165, 1.54) is 19.1 Å². The quantitative estimate of drug-likeness (QED) is 0.232. The van der Waals surface area contributed by atoms with Crippen LogP contribution < -0.4 is 11.1 Å². The number of benzene rings is 2. The maximum Gasteiger partial charge on any atom is 0.249 e. The molecule has 2 aromatic rings. The summed E-state index contributed by atoms with van der Waals surface area (Å²) < 4.78 is 54.5. The number of rotatable bonds is 16. The SMILES string of the molecule is CCCN(CCC)C(=O)C1=CC(S(C)(=O)=O)=CC(C(N)=O)([C@H](Cc2cc(F)cc(F)c2)[C@@H](O)CNCc2cccc(C(C)=O)c2)C1. The molecule has 0 fully saturated rings. The summed E-state index contributed by atoms with van der Waals surface area (Å²) in [6, 6.07) is 9.69. The van der Waals surface area contributed by atoms with Crippen molar-refractivity contribution in [1.82, 2.24) is 10.2 Å². The van der Waals surface area contributed by atoms with Gasteiger partial charge in [0.05, 0.1) is 16.4 Å². The van der Waals surface area contributed by atoms with Gasteiger partial charge >= 0.3 is 0 Å². The van der Waals surface area contributed by atoms with Gasteiger partial charge in [-0.1, -0.05) is 32.0 Å². The van der Waals surface area contributed by atoms with Crippen LogP contribution in [0.25, 0.3) is 0 Å². The van der Waals surface area contributed by atoms with E-state index >= 15 is 0 Å². The second-order valence-electron chi connectivity index (χ2n) is 11.9. The zero-order valence-corrected chi connectivity index (χ0v) is 27.5. The molecule has 4 N–H and O–H groups in total. The van der Waals surface area contributed by atoms with Gasteiger partial charge in [-0.25, -0.2) is 17.2 Å². The van der Waals surface area contributed by atoms with E-state index < -0.39 is 50.7 Å². The third-order valence-corrected chi connectivity index (χ3v) is 9.25. The molecule has 3 rings (SSSR count). The Hall–Kier alpha value is -3.74. The Morgan fingerprint density at radius 2 is 1.67 bits per heavy atom. The zero-order valence-electron chi connectivity index (χ0n) is 26.7. The van der Waals surface area contributed by atoms with E-state index in [2.05, 4.69) is 5.32 Å². The minimum Gasteiger partial charge on any atom is -0.391 e. The number of hydrogen-bond acceptors (Lipinski definition) is 7. The molecule has 1 aliphatic rings. The average Bonchev–Trinajstić information content (AvgIpc) is 2.98. The van der Waals surface area contributed by atoms with E-state index in [1.807, 2.05) is 13.8 Å². The molecule has 250 valence electrons. The molecular formula is C34H43F2N3O6S.